The summed E-state index contributed by atoms with van der Waals surface area (Å²) in [6, 6.07) is 5.26. The third kappa shape index (κ3) is 3.77. The Labute approximate surface area is 103 Å². The van der Waals surface area contributed by atoms with Crippen molar-refractivity contribution in [3.8, 4) is 0 Å². The highest BCUT2D eigenvalue weighted by atomic mass is 16.5. The molecule has 0 fully saturated rings. The van der Waals surface area contributed by atoms with Crippen LogP contribution >= 0.6 is 0 Å². The molecule has 0 radical (unpaired) electrons. The van der Waals surface area contributed by atoms with Crippen molar-refractivity contribution in [2.75, 3.05) is 12.3 Å². The van der Waals surface area contributed by atoms with Crippen molar-refractivity contribution in [3.05, 3.63) is 29.3 Å². The number of anilines is 1. The lowest BCUT2D eigenvalue weighted by Crippen LogP contribution is -2.13. The summed E-state index contributed by atoms with van der Waals surface area (Å²) in [4.78, 5) is 11.8. The van der Waals surface area contributed by atoms with Crippen LogP contribution in [0.1, 0.15) is 42.6 Å². The molecule has 94 valence electrons. The highest BCUT2D eigenvalue weighted by Crippen LogP contribution is 2.15. The highest BCUT2D eigenvalue weighted by Gasteiger charge is 2.11. The summed E-state index contributed by atoms with van der Waals surface area (Å²) in [6.07, 6.45) is 2.06. The summed E-state index contributed by atoms with van der Waals surface area (Å²) in [7, 11) is 0. The van der Waals surface area contributed by atoms with Gasteiger partial charge in [-0.15, -0.1) is 0 Å². The number of benzene rings is 1. The van der Waals surface area contributed by atoms with Crippen LogP contribution in [0.25, 0.3) is 0 Å². The van der Waals surface area contributed by atoms with Crippen LogP contribution in [0, 0.1) is 12.8 Å². The van der Waals surface area contributed by atoms with Gasteiger partial charge in [-0.05, 0) is 30.5 Å². The van der Waals surface area contributed by atoms with Crippen molar-refractivity contribution in [1.29, 1.82) is 0 Å². The Morgan fingerprint density at radius 2 is 2.00 bits per heavy atom. The first-order valence-corrected chi connectivity index (χ1v) is 6.11. The number of nitrogens with two attached hydrogens (primary N) is 1. The zero-order chi connectivity index (χ0) is 12.8. The van der Waals surface area contributed by atoms with E-state index in [2.05, 4.69) is 13.8 Å². The second kappa shape index (κ2) is 6.28. The van der Waals surface area contributed by atoms with E-state index in [1.165, 1.54) is 0 Å². The standard InChI is InChI=1S/C14H21NO2/c1-4-11(5-2)9-17-14(16)12-7-6-10(3)13(15)8-12/h6-8,11H,4-5,9,15H2,1-3H3. The molecule has 0 heterocycles. The van der Waals surface area contributed by atoms with E-state index in [4.69, 9.17) is 10.5 Å². The zero-order valence-electron chi connectivity index (χ0n) is 10.8. The number of ether oxygens (including phenoxy) is 1. The van der Waals surface area contributed by atoms with Crippen LogP contribution in [0.4, 0.5) is 5.69 Å². The first-order chi connectivity index (χ1) is 8.08. The molecule has 1 rings (SSSR count). The molecule has 0 aliphatic carbocycles. The van der Waals surface area contributed by atoms with Crippen molar-refractivity contribution in [1.82, 2.24) is 0 Å². The molecule has 0 aromatic heterocycles. The first kappa shape index (κ1) is 13.6. The van der Waals surface area contributed by atoms with Crippen molar-refractivity contribution in [2.45, 2.75) is 33.6 Å². The van der Waals surface area contributed by atoms with Crippen LogP contribution in [0.5, 0.6) is 0 Å². The molecule has 0 amide bonds. The van der Waals surface area contributed by atoms with Gasteiger partial charge in [0.1, 0.15) is 0 Å². The molecule has 1 aromatic carbocycles. The molecule has 0 saturated carbocycles. The number of hydrogen-bond donors (Lipinski definition) is 1. The van der Waals surface area contributed by atoms with Crippen molar-refractivity contribution in [2.24, 2.45) is 5.92 Å². The Kier molecular flexibility index (Phi) is 5.01. The first-order valence-electron chi connectivity index (χ1n) is 6.11. The van der Waals surface area contributed by atoms with Crippen molar-refractivity contribution in [3.63, 3.8) is 0 Å². The molecule has 3 heteroatoms. The molecular formula is C14H21NO2. The van der Waals surface area contributed by atoms with E-state index in [1.54, 1.807) is 12.1 Å². The van der Waals surface area contributed by atoms with E-state index >= 15 is 0 Å². The Bertz CT molecular complexity index is 384. The number of nitrogen functional groups attached to an aromatic ring is 1. The van der Waals surface area contributed by atoms with Crippen molar-refractivity contribution < 1.29 is 9.53 Å². The van der Waals surface area contributed by atoms with Crippen LogP contribution in [0.15, 0.2) is 18.2 Å². The Morgan fingerprint density at radius 1 is 1.35 bits per heavy atom. The average Bonchev–Trinajstić information content (AvgIpc) is 2.33. The maximum atomic E-state index is 11.8. The van der Waals surface area contributed by atoms with Gasteiger partial charge in [0.25, 0.3) is 0 Å². The fourth-order valence-electron chi connectivity index (χ4n) is 1.57. The van der Waals surface area contributed by atoms with Gasteiger partial charge in [0.2, 0.25) is 0 Å². The van der Waals surface area contributed by atoms with Gasteiger partial charge in [0.05, 0.1) is 12.2 Å². The van der Waals surface area contributed by atoms with Gasteiger partial charge in [-0.3, -0.25) is 0 Å². The second-order valence-corrected chi connectivity index (χ2v) is 4.35. The third-order valence-electron chi connectivity index (χ3n) is 3.12. The fourth-order valence-corrected chi connectivity index (χ4v) is 1.57. The fraction of sp³-hybridized carbons (Fsp3) is 0.500. The topological polar surface area (TPSA) is 52.3 Å². The molecule has 1 aromatic rings. The molecule has 0 bridgehead atoms. The predicted molar refractivity (Wildman–Crippen MR) is 69.9 cm³/mol. The quantitative estimate of drug-likeness (QED) is 0.630. The smallest absolute Gasteiger partial charge is 0.338 e. The maximum Gasteiger partial charge on any atom is 0.338 e. The molecule has 17 heavy (non-hydrogen) atoms. The van der Waals surface area contributed by atoms with E-state index in [1.807, 2.05) is 13.0 Å². The highest BCUT2D eigenvalue weighted by molar-refractivity contribution is 5.90. The van der Waals surface area contributed by atoms with E-state index in [-0.39, 0.29) is 5.97 Å². The van der Waals surface area contributed by atoms with Gasteiger partial charge < -0.3 is 10.5 Å². The minimum atomic E-state index is -0.288. The van der Waals surface area contributed by atoms with Gasteiger partial charge in [0.15, 0.2) is 0 Å². The number of carbonyl (C=O) groups excluding carboxylic acids is 1. The van der Waals surface area contributed by atoms with Crippen LogP contribution < -0.4 is 5.73 Å². The average molecular weight is 235 g/mol. The van der Waals surface area contributed by atoms with Crippen LogP contribution in [-0.2, 0) is 4.74 Å². The van der Waals surface area contributed by atoms with Gasteiger partial charge >= 0.3 is 5.97 Å². The van der Waals surface area contributed by atoms with Gasteiger partial charge in [-0.2, -0.15) is 0 Å². The summed E-state index contributed by atoms with van der Waals surface area (Å²) >= 11 is 0. The van der Waals surface area contributed by atoms with Crippen LogP contribution in [0.3, 0.4) is 0 Å². The molecule has 0 saturated heterocycles. The SMILES string of the molecule is CCC(CC)COC(=O)c1ccc(C)c(N)c1. The molecule has 0 atom stereocenters. The van der Waals surface area contributed by atoms with Crippen LogP contribution in [-0.4, -0.2) is 12.6 Å². The van der Waals surface area contributed by atoms with Gasteiger partial charge in [-0.25, -0.2) is 4.79 Å². The number of rotatable bonds is 5. The Balaban J connectivity index is 2.61. The molecule has 0 unspecified atom stereocenters. The molecule has 0 aliphatic rings. The summed E-state index contributed by atoms with van der Waals surface area (Å²) in [5.74, 6) is 0.158. The van der Waals surface area contributed by atoms with Gasteiger partial charge in [0, 0.05) is 5.69 Å². The summed E-state index contributed by atoms with van der Waals surface area (Å²) in [5, 5.41) is 0. The van der Waals surface area contributed by atoms with E-state index < -0.39 is 0 Å². The predicted octanol–water partition coefficient (Wildman–Crippen LogP) is 3.17. The minimum Gasteiger partial charge on any atom is -0.462 e. The van der Waals surface area contributed by atoms with E-state index in [0.29, 0.717) is 23.8 Å². The summed E-state index contributed by atoms with van der Waals surface area (Å²) in [5.41, 5.74) is 7.89. The Morgan fingerprint density at radius 3 is 2.53 bits per heavy atom. The third-order valence-corrected chi connectivity index (χ3v) is 3.12. The molecule has 3 nitrogen and oxygen atoms in total. The lowest BCUT2D eigenvalue weighted by Gasteiger charge is -2.12. The number of aryl methyl sites for hydroxylation is 1. The lowest BCUT2D eigenvalue weighted by molar-refractivity contribution is 0.0433. The summed E-state index contributed by atoms with van der Waals surface area (Å²) in [6.45, 7) is 6.60. The molecule has 2 N–H and O–H groups in total. The number of carbonyl (C=O) groups is 1. The molecule has 0 aliphatic heterocycles. The Hall–Kier alpha value is -1.51. The summed E-state index contributed by atoms with van der Waals surface area (Å²) < 4.78 is 5.27. The van der Waals surface area contributed by atoms with Gasteiger partial charge in [-0.1, -0.05) is 32.8 Å². The normalized spacial score (nSPS) is 10.6. The number of esters is 1. The second-order valence-electron chi connectivity index (χ2n) is 4.35. The zero-order valence-corrected chi connectivity index (χ0v) is 10.8. The maximum absolute atomic E-state index is 11.8. The van der Waals surface area contributed by atoms with Crippen molar-refractivity contribution >= 4 is 11.7 Å². The van der Waals surface area contributed by atoms with E-state index in [0.717, 1.165) is 18.4 Å². The monoisotopic (exact) mass is 235 g/mol. The van der Waals surface area contributed by atoms with E-state index in [9.17, 15) is 4.79 Å². The minimum absolute atomic E-state index is 0.288. The molecule has 0 spiro atoms. The largest absolute Gasteiger partial charge is 0.462 e. The molecular weight excluding hydrogens is 214 g/mol. The number of hydrogen-bond acceptors (Lipinski definition) is 3. The lowest BCUT2D eigenvalue weighted by atomic mass is 10.1. The van der Waals surface area contributed by atoms with Crippen LogP contribution in [0.2, 0.25) is 0 Å².